The monoisotopic (exact) mass is 348 g/mol. The maximum Gasteiger partial charge on any atom is 0.224 e. The van der Waals surface area contributed by atoms with Crippen LogP contribution in [-0.4, -0.2) is 54.4 Å². The normalized spacial score (nSPS) is 22.0. The van der Waals surface area contributed by atoms with Gasteiger partial charge >= 0.3 is 0 Å². The number of rotatable bonds is 4. The van der Waals surface area contributed by atoms with Crippen LogP contribution in [0.25, 0.3) is 0 Å². The van der Waals surface area contributed by atoms with Crippen LogP contribution < -0.4 is 0 Å². The van der Waals surface area contributed by atoms with Crippen LogP contribution >= 0.6 is 0 Å². The van der Waals surface area contributed by atoms with Gasteiger partial charge in [0.1, 0.15) is 11.9 Å². The molecule has 0 aromatic heterocycles. The number of carbonyl (C=O) groups is 2. The molecule has 2 heterocycles. The van der Waals surface area contributed by atoms with Crippen molar-refractivity contribution in [1.29, 1.82) is 0 Å². The fourth-order valence-electron chi connectivity index (χ4n) is 3.42. The number of nitrogens with zero attached hydrogens (tertiary/aromatic N) is 2. The SMILES string of the molecule is O=C1CCCCCN1CCC(=O)N1CCO[C@@H](c2ccc(F)cc2)C1. The molecule has 2 amide bonds. The zero-order valence-electron chi connectivity index (χ0n) is 14.5. The van der Waals surface area contributed by atoms with E-state index in [1.165, 1.54) is 12.1 Å². The Hall–Kier alpha value is -1.95. The van der Waals surface area contributed by atoms with Crippen molar-refractivity contribution in [2.24, 2.45) is 0 Å². The minimum absolute atomic E-state index is 0.0486. The number of carbonyl (C=O) groups excluding carboxylic acids is 2. The summed E-state index contributed by atoms with van der Waals surface area (Å²) in [6.07, 6.45) is 3.77. The third kappa shape index (κ3) is 4.78. The summed E-state index contributed by atoms with van der Waals surface area (Å²) < 4.78 is 18.8. The first kappa shape index (κ1) is 17.9. The Morgan fingerprint density at radius 2 is 1.96 bits per heavy atom. The van der Waals surface area contributed by atoms with Crippen molar-refractivity contribution >= 4 is 11.8 Å². The zero-order valence-corrected chi connectivity index (χ0v) is 14.5. The van der Waals surface area contributed by atoms with Crippen molar-refractivity contribution < 1.29 is 18.7 Å². The number of ether oxygens (including phenoxy) is 1. The molecule has 0 saturated carbocycles. The number of likely N-dealkylation sites (tertiary alicyclic amines) is 1. The number of benzene rings is 1. The maximum atomic E-state index is 13.1. The molecule has 0 bridgehead atoms. The Morgan fingerprint density at radius 1 is 1.16 bits per heavy atom. The topological polar surface area (TPSA) is 49.9 Å². The van der Waals surface area contributed by atoms with Gasteiger partial charge in [0.15, 0.2) is 0 Å². The van der Waals surface area contributed by atoms with Gasteiger partial charge in [-0.25, -0.2) is 4.39 Å². The Morgan fingerprint density at radius 3 is 2.76 bits per heavy atom. The first-order valence-electron chi connectivity index (χ1n) is 9.06. The van der Waals surface area contributed by atoms with E-state index in [1.54, 1.807) is 17.0 Å². The number of hydrogen-bond acceptors (Lipinski definition) is 3. The molecule has 136 valence electrons. The van der Waals surface area contributed by atoms with Gasteiger partial charge < -0.3 is 14.5 Å². The summed E-state index contributed by atoms with van der Waals surface area (Å²) >= 11 is 0. The van der Waals surface area contributed by atoms with E-state index in [2.05, 4.69) is 0 Å². The predicted molar refractivity (Wildman–Crippen MR) is 91.3 cm³/mol. The Labute approximate surface area is 147 Å². The highest BCUT2D eigenvalue weighted by atomic mass is 19.1. The van der Waals surface area contributed by atoms with Gasteiger partial charge in [-0.15, -0.1) is 0 Å². The first-order valence-corrected chi connectivity index (χ1v) is 9.06. The van der Waals surface area contributed by atoms with Crippen LogP contribution in [0.2, 0.25) is 0 Å². The van der Waals surface area contributed by atoms with Gasteiger partial charge in [0.2, 0.25) is 11.8 Å². The largest absolute Gasteiger partial charge is 0.370 e. The van der Waals surface area contributed by atoms with E-state index in [0.29, 0.717) is 39.1 Å². The van der Waals surface area contributed by atoms with E-state index in [1.807, 2.05) is 4.90 Å². The molecule has 0 unspecified atom stereocenters. The molecule has 6 heteroatoms. The highest BCUT2D eigenvalue weighted by Gasteiger charge is 2.26. The van der Waals surface area contributed by atoms with Gasteiger partial charge in [-0.05, 0) is 30.5 Å². The zero-order chi connectivity index (χ0) is 17.6. The van der Waals surface area contributed by atoms with Crippen molar-refractivity contribution in [2.75, 3.05) is 32.8 Å². The van der Waals surface area contributed by atoms with Crippen molar-refractivity contribution in [2.45, 2.75) is 38.2 Å². The van der Waals surface area contributed by atoms with Gasteiger partial charge in [0, 0.05) is 32.5 Å². The van der Waals surface area contributed by atoms with Gasteiger partial charge in [-0.2, -0.15) is 0 Å². The molecular formula is C19H25FN2O3. The fraction of sp³-hybridized carbons (Fsp3) is 0.579. The quantitative estimate of drug-likeness (QED) is 0.840. The summed E-state index contributed by atoms with van der Waals surface area (Å²) in [4.78, 5) is 28.2. The molecule has 0 aliphatic carbocycles. The number of amides is 2. The van der Waals surface area contributed by atoms with Crippen molar-refractivity contribution in [3.05, 3.63) is 35.6 Å². The molecule has 1 aromatic rings. The summed E-state index contributed by atoms with van der Waals surface area (Å²) in [6.45, 7) is 2.75. The van der Waals surface area contributed by atoms with E-state index in [0.717, 1.165) is 31.4 Å². The highest BCUT2D eigenvalue weighted by molar-refractivity contribution is 5.79. The summed E-state index contributed by atoms with van der Waals surface area (Å²) in [5.74, 6) is -0.0708. The smallest absolute Gasteiger partial charge is 0.224 e. The van der Waals surface area contributed by atoms with Crippen molar-refractivity contribution in [3.8, 4) is 0 Å². The Balaban J connectivity index is 1.53. The lowest BCUT2D eigenvalue weighted by Crippen LogP contribution is -2.43. The lowest BCUT2D eigenvalue weighted by Gasteiger charge is -2.33. The van der Waals surface area contributed by atoms with E-state index in [9.17, 15) is 14.0 Å². The number of morpholine rings is 1. The van der Waals surface area contributed by atoms with Gasteiger partial charge in [0.05, 0.1) is 13.2 Å². The van der Waals surface area contributed by atoms with E-state index in [4.69, 9.17) is 4.74 Å². The maximum absolute atomic E-state index is 13.1. The molecule has 1 atom stereocenters. The summed E-state index contributed by atoms with van der Waals surface area (Å²) in [7, 11) is 0. The molecule has 3 rings (SSSR count). The predicted octanol–water partition coefficient (Wildman–Crippen LogP) is 2.52. The molecule has 2 aliphatic heterocycles. The van der Waals surface area contributed by atoms with Crippen LogP contribution in [0.3, 0.4) is 0 Å². The van der Waals surface area contributed by atoms with Gasteiger partial charge in [-0.1, -0.05) is 18.6 Å². The second-order valence-corrected chi connectivity index (χ2v) is 6.69. The van der Waals surface area contributed by atoms with Crippen LogP contribution in [-0.2, 0) is 14.3 Å². The number of hydrogen-bond donors (Lipinski definition) is 0. The minimum Gasteiger partial charge on any atom is -0.370 e. The van der Waals surface area contributed by atoms with E-state index >= 15 is 0 Å². The molecular weight excluding hydrogens is 323 g/mol. The third-order valence-electron chi connectivity index (χ3n) is 4.93. The molecule has 25 heavy (non-hydrogen) atoms. The van der Waals surface area contributed by atoms with Crippen LogP contribution in [0.1, 0.15) is 43.8 Å². The van der Waals surface area contributed by atoms with Crippen LogP contribution in [0.5, 0.6) is 0 Å². The molecule has 2 saturated heterocycles. The average molecular weight is 348 g/mol. The van der Waals surface area contributed by atoms with Crippen molar-refractivity contribution in [3.63, 3.8) is 0 Å². The molecule has 5 nitrogen and oxygen atoms in total. The summed E-state index contributed by atoms with van der Waals surface area (Å²) in [5.41, 5.74) is 0.876. The lowest BCUT2D eigenvalue weighted by atomic mass is 10.1. The Kier molecular flexibility index (Phi) is 6.02. The lowest BCUT2D eigenvalue weighted by molar-refractivity contribution is -0.140. The van der Waals surface area contributed by atoms with E-state index in [-0.39, 0.29) is 23.7 Å². The van der Waals surface area contributed by atoms with E-state index < -0.39 is 0 Å². The molecule has 0 spiro atoms. The standard InChI is InChI=1S/C19H25FN2O3/c20-16-7-5-15(6-8-16)17-14-22(12-13-25-17)19(24)9-11-21-10-3-1-2-4-18(21)23/h5-8,17H,1-4,9-14H2/t17-/m1/s1. The molecule has 1 aromatic carbocycles. The van der Waals surface area contributed by atoms with Crippen LogP contribution in [0.4, 0.5) is 4.39 Å². The fourth-order valence-corrected chi connectivity index (χ4v) is 3.42. The Bertz CT molecular complexity index is 605. The molecule has 2 aliphatic rings. The molecule has 0 N–H and O–H groups in total. The minimum atomic E-state index is -0.283. The summed E-state index contributed by atoms with van der Waals surface area (Å²) in [6, 6.07) is 6.21. The summed E-state index contributed by atoms with van der Waals surface area (Å²) in [5, 5.41) is 0. The first-order chi connectivity index (χ1) is 12.1. The second kappa shape index (κ2) is 8.43. The van der Waals surface area contributed by atoms with Gasteiger partial charge in [-0.3, -0.25) is 9.59 Å². The van der Waals surface area contributed by atoms with Crippen molar-refractivity contribution in [1.82, 2.24) is 9.80 Å². The molecule has 2 fully saturated rings. The van der Waals surface area contributed by atoms with Gasteiger partial charge in [0.25, 0.3) is 0 Å². The van der Waals surface area contributed by atoms with Crippen LogP contribution in [0.15, 0.2) is 24.3 Å². The number of halogens is 1. The third-order valence-corrected chi connectivity index (χ3v) is 4.93. The average Bonchev–Trinajstić information content (AvgIpc) is 2.84. The second-order valence-electron chi connectivity index (χ2n) is 6.69. The highest BCUT2D eigenvalue weighted by Crippen LogP contribution is 2.23. The van der Waals surface area contributed by atoms with Crippen LogP contribution in [0, 0.1) is 5.82 Å². The molecule has 0 radical (unpaired) electrons.